The molecule has 0 radical (unpaired) electrons. The summed E-state index contributed by atoms with van der Waals surface area (Å²) in [5.74, 6) is -0.658. The highest BCUT2D eigenvalue weighted by molar-refractivity contribution is 6.17. The van der Waals surface area contributed by atoms with Gasteiger partial charge in [-0.15, -0.1) is 0 Å². The molecule has 0 fully saturated rings. The van der Waals surface area contributed by atoms with Crippen LogP contribution < -0.4 is 14.4 Å². The van der Waals surface area contributed by atoms with Gasteiger partial charge in [-0.1, -0.05) is 43.7 Å². The van der Waals surface area contributed by atoms with Gasteiger partial charge in [-0.2, -0.15) is 0 Å². The zero-order valence-electron chi connectivity index (χ0n) is 18.6. The molecule has 2 aromatic carbocycles. The minimum Gasteiger partial charge on any atom is -0.503 e. The minimum atomic E-state index is -0.727. The van der Waals surface area contributed by atoms with Gasteiger partial charge in [0.25, 0.3) is 5.91 Å². The van der Waals surface area contributed by atoms with Crippen molar-refractivity contribution in [2.75, 3.05) is 18.1 Å². The van der Waals surface area contributed by atoms with Crippen LogP contribution in [-0.4, -0.2) is 30.0 Å². The molecular weight excluding hydrogens is 394 g/mol. The third-order valence-electron chi connectivity index (χ3n) is 5.16. The normalized spacial score (nSPS) is 16.3. The molecule has 1 heterocycles. The van der Waals surface area contributed by atoms with Crippen LogP contribution in [0.15, 0.2) is 53.8 Å². The molecule has 0 saturated heterocycles. The van der Waals surface area contributed by atoms with Gasteiger partial charge < -0.3 is 14.6 Å². The van der Waals surface area contributed by atoms with Crippen molar-refractivity contribution in [1.29, 1.82) is 0 Å². The maximum atomic E-state index is 13.2. The van der Waals surface area contributed by atoms with Gasteiger partial charge in [-0.25, -0.2) is 0 Å². The van der Waals surface area contributed by atoms with Gasteiger partial charge in [-0.3, -0.25) is 14.5 Å². The van der Waals surface area contributed by atoms with Gasteiger partial charge in [0.15, 0.2) is 23.0 Å². The third-order valence-corrected chi connectivity index (χ3v) is 5.16. The second kappa shape index (κ2) is 9.25. The number of rotatable bonds is 8. The summed E-state index contributed by atoms with van der Waals surface area (Å²) in [7, 11) is 0. The number of amides is 1. The zero-order chi connectivity index (χ0) is 22.7. The highest BCUT2D eigenvalue weighted by Crippen LogP contribution is 2.44. The molecule has 0 bridgehead atoms. The van der Waals surface area contributed by atoms with Crippen molar-refractivity contribution in [3.63, 3.8) is 0 Å². The van der Waals surface area contributed by atoms with Gasteiger partial charge in [0.05, 0.1) is 24.8 Å². The van der Waals surface area contributed by atoms with Crippen molar-refractivity contribution >= 4 is 17.4 Å². The average Bonchev–Trinajstić information content (AvgIpc) is 3.00. The standard InChI is InChI=1S/C25H29NO5/c1-6-30-19-12-11-18(14-20(19)31-7-2)26-22(17-10-8-9-16(5)13-17)21(23(27)15(3)4)24(28)25(26)29/h8-15,22,28H,6-7H2,1-5H3. The van der Waals surface area contributed by atoms with E-state index in [1.54, 1.807) is 32.0 Å². The number of aryl methyl sites for hydroxylation is 1. The van der Waals surface area contributed by atoms with E-state index in [1.165, 1.54) is 4.90 Å². The Labute approximate surface area is 183 Å². The quantitative estimate of drug-likeness (QED) is 0.652. The van der Waals surface area contributed by atoms with Crippen molar-refractivity contribution in [3.8, 4) is 11.5 Å². The molecule has 6 heteroatoms. The summed E-state index contributed by atoms with van der Waals surface area (Å²) in [6.07, 6.45) is 0. The summed E-state index contributed by atoms with van der Waals surface area (Å²) in [4.78, 5) is 27.7. The van der Waals surface area contributed by atoms with Crippen LogP contribution in [0.5, 0.6) is 11.5 Å². The third kappa shape index (κ3) is 4.29. The number of Topliss-reactive ketones (excluding diaryl/α,β-unsaturated/α-hetero) is 1. The Kier molecular flexibility index (Phi) is 6.68. The van der Waals surface area contributed by atoms with E-state index < -0.39 is 17.7 Å². The van der Waals surface area contributed by atoms with Crippen LogP contribution >= 0.6 is 0 Å². The molecule has 164 valence electrons. The summed E-state index contributed by atoms with van der Waals surface area (Å²) in [6, 6.07) is 12.1. The molecule has 3 rings (SSSR count). The molecule has 31 heavy (non-hydrogen) atoms. The minimum absolute atomic E-state index is 0.123. The van der Waals surface area contributed by atoms with Gasteiger partial charge in [0, 0.05) is 17.7 Å². The number of carbonyl (C=O) groups is 2. The molecule has 1 atom stereocenters. The van der Waals surface area contributed by atoms with Crippen molar-refractivity contribution in [1.82, 2.24) is 0 Å². The summed E-state index contributed by atoms with van der Waals surface area (Å²) in [6.45, 7) is 10.1. The van der Waals surface area contributed by atoms with Crippen LogP contribution in [0, 0.1) is 12.8 Å². The Morgan fingerprint density at radius 1 is 1.06 bits per heavy atom. The Morgan fingerprint density at radius 3 is 2.35 bits per heavy atom. The molecule has 6 nitrogen and oxygen atoms in total. The number of hydrogen-bond donors (Lipinski definition) is 1. The molecule has 0 aromatic heterocycles. The lowest BCUT2D eigenvalue weighted by atomic mass is 9.90. The van der Waals surface area contributed by atoms with Crippen molar-refractivity contribution < 1.29 is 24.2 Å². The molecule has 1 N–H and O–H groups in total. The molecule has 2 aromatic rings. The van der Waals surface area contributed by atoms with Gasteiger partial charge >= 0.3 is 0 Å². The first-order valence-corrected chi connectivity index (χ1v) is 10.6. The maximum Gasteiger partial charge on any atom is 0.294 e. The SMILES string of the molecule is CCOc1ccc(N2C(=O)C(O)=C(C(=O)C(C)C)C2c2cccc(C)c2)cc1OCC. The fraction of sp³-hybridized carbons (Fsp3) is 0.360. The highest BCUT2D eigenvalue weighted by Gasteiger charge is 2.45. The Hall–Kier alpha value is -3.28. The number of aliphatic hydroxyl groups is 1. The number of ether oxygens (including phenoxy) is 2. The first-order chi connectivity index (χ1) is 14.8. The largest absolute Gasteiger partial charge is 0.503 e. The van der Waals surface area contributed by atoms with Crippen LogP contribution in [0.1, 0.15) is 44.9 Å². The van der Waals surface area contributed by atoms with E-state index in [2.05, 4.69) is 0 Å². The molecular formula is C25H29NO5. The van der Waals surface area contributed by atoms with E-state index in [9.17, 15) is 14.7 Å². The number of benzene rings is 2. The van der Waals surface area contributed by atoms with E-state index >= 15 is 0 Å². The van der Waals surface area contributed by atoms with Crippen molar-refractivity contribution in [2.24, 2.45) is 5.92 Å². The van der Waals surface area contributed by atoms with E-state index in [-0.39, 0.29) is 17.3 Å². The maximum absolute atomic E-state index is 13.2. The number of ketones is 1. The highest BCUT2D eigenvalue weighted by atomic mass is 16.5. The van der Waals surface area contributed by atoms with Crippen molar-refractivity contribution in [2.45, 2.75) is 40.7 Å². The molecule has 0 aliphatic carbocycles. The monoisotopic (exact) mass is 423 g/mol. The second-order valence-electron chi connectivity index (χ2n) is 7.77. The van der Waals surface area contributed by atoms with Crippen LogP contribution in [-0.2, 0) is 9.59 Å². The fourth-order valence-corrected chi connectivity index (χ4v) is 3.78. The van der Waals surface area contributed by atoms with E-state index in [0.29, 0.717) is 30.4 Å². The van der Waals surface area contributed by atoms with Crippen LogP contribution in [0.3, 0.4) is 0 Å². The fourth-order valence-electron chi connectivity index (χ4n) is 3.78. The van der Waals surface area contributed by atoms with Crippen LogP contribution in [0.25, 0.3) is 0 Å². The summed E-state index contributed by atoms with van der Waals surface area (Å²) in [5.41, 5.74) is 2.39. The number of aliphatic hydroxyl groups excluding tert-OH is 1. The molecule has 1 unspecified atom stereocenters. The number of anilines is 1. The second-order valence-corrected chi connectivity index (χ2v) is 7.77. The predicted molar refractivity (Wildman–Crippen MR) is 120 cm³/mol. The van der Waals surface area contributed by atoms with Crippen LogP contribution in [0.2, 0.25) is 0 Å². The Morgan fingerprint density at radius 2 is 1.74 bits per heavy atom. The van der Waals surface area contributed by atoms with Gasteiger partial charge in [-0.05, 0) is 38.5 Å². The van der Waals surface area contributed by atoms with E-state index in [4.69, 9.17) is 9.47 Å². The first kappa shape index (κ1) is 22.4. The lowest BCUT2D eigenvalue weighted by Crippen LogP contribution is -2.31. The molecule has 0 spiro atoms. The molecule has 1 aliphatic heterocycles. The first-order valence-electron chi connectivity index (χ1n) is 10.6. The van der Waals surface area contributed by atoms with Crippen LogP contribution in [0.4, 0.5) is 5.69 Å². The smallest absolute Gasteiger partial charge is 0.294 e. The Bertz CT molecular complexity index is 1020. The average molecular weight is 424 g/mol. The predicted octanol–water partition coefficient (Wildman–Crippen LogP) is 4.92. The topological polar surface area (TPSA) is 76.1 Å². The number of carbonyl (C=O) groups excluding carboxylic acids is 2. The Balaban J connectivity index is 2.17. The lowest BCUT2D eigenvalue weighted by Gasteiger charge is -2.28. The van der Waals surface area contributed by atoms with E-state index in [0.717, 1.165) is 11.1 Å². The summed E-state index contributed by atoms with van der Waals surface area (Å²) in [5, 5.41) is 10.7. The van der Waals surface area contributed by atoms with Gasteiger partial charge in [0.2, 0.25) is 0 Å². The lowest BCUT2D eigenvalue weighted by molar-refractivity contribution is -0.119. The van der Waals surface area contributed by atoms with Gasteiger partial charge in [0.1, 0.15) is 0 Å². The zero-order valence-corrected chi connectivity index (χ0v) is 18.6. The molecule has 1 aliphatic rings. The summed E-state index contributed by atoms with van der Waals surface area (Å²) < 4.78 is 11.3. The number of nitrogens with zero attached hydrogens (tertiary/aromatic N) is 1. The van der Waals surface area contributed by atoms with Crippen molar-refractivity contribution in [3.05, 3.63) is 64.9 Å². The molecule has 0 saturated carbocycles. The number of hydrogen-bond acceptors (Lipinski definition) is 5. The van der Waals surface area contributed by atoms with E-state index in [1.807, 2.05) is 45.0 Å². The summed E-state index contributed by atoms with van der Waals surface area (Å²) >= 11 is 0. The molecule has 1 amide bonds.